The lowest BCUT2D eigenvalue weighted by Gasteiger charge is -2.13. The molecule has 1 heterocycles. The molecular weight excluding hydrogens is 246 g/mol. The molecule has 0 amide bonds. The number of aliphatic hydroxyl groups excluding tert-OH is 1. The number of rotatable bonds is 10. The van der Waals surface area contributed by atoms with Crippen LogP contribution in [0.5, 0.6) is 0 Å². The van der Waals surface area contributed by atoms with E-state index in [0.29, 0.717) is 32.9 Å². The highest BCUT2D eigenvalue weighted by Gasteiger charge is 2.05. The zero-order chi connectivity index (χ0) is 14.1. The maximum absolute atomic E-state index is 9.70. The maximum Gasteiger partial charge on any atom is 0.122 e. The molecule has 19 heavy (non-hydrogen) atoms. The number of aryl methyl sites for hydroxylation is 1. The normalized spacial score (nSPS) is 13.1. The Labute approximate surface area is 114 Å². The van der Waals surface area contributed by atoms with Crippen molar-refractivity contribution >= 4 is 0 Å². The molecule has 6 nitrogen and oxygen atoms in total. The van der Waals surface area contributed by atoms with Gasteiger partial charge >= 0.3 is 0 Å². The van der Waals surface area contributed by atoms with Crippen LogP contribution in [0.1, 0.15) is 19.7 Å². The highest BCUT2D eigenvalue weighted by Crippen LogP contribution is 1.93. The van der Waals surface area contributed by atoms with E-state index in [-0.39, 0.29) is 6.10 Å². The summed E-state index contributed by atoms with van der Waals surface area (Å²) in [4.78, 5) is 4.19. The van der Waals surface area contributed by atoms with Crippen LogP contribution < -0.4 is 5.32 Å². The Morgan fingerprint density at radius 2 is 2.21 bits per heavy atom. The summed E-state index contributed by atoms with van der Waals surface area (Å²) in [5.74, 6) is 0.943. The lowest BCUT2D eigenvalue weighted by molar-refractivity contribution is -0.0100. The van der Waals surface area contributed by atoms with Crippen molar-refractivity contribution in [3.8, 4) is 0 Å². The molecule has 1 aromatic rings. The number of ether oxygens (including phenoxy) is 2. The summed E-state index contributed by atoms with van der Waals surface area (Å²) in [6, 6.07) is 0. The van der Waals surface area contributed by atoms with Crippen molar-refractivity contribution in [3.63, 3.8) is 0 Å². The molecule has 0 aliphatic rings. The van der Waals surface area contributed by atoms with Gasteiger partial charge in [0, 0.05) is 26.0 Å². The Balaban J connectivity index is 1.99. The fourth-order valence-electron chi connectivity index (χ4n) is 1.54. The number of hydrogen-bond acceptors (Lipinski definition) is 5. The quantitative estimate of drug-likeness (QED) is 0.600. The van der Waals surface area contributed by atoms with Gasteiger partial charge in [0.15, 0.2) is 0 Å². The third kappa shape index (κ3) is 7.27. The minimum atomic E-state index is -0.515. The summed E-state index contributed by atoms with van der Waals surface area (Å²) >= 11 is 0. The fourth-order valence-corrected chi connectivity index (χ4v) is 1.54. The zero-order valence-electron chi connectivity index (χ0n) is 12.0. The molecule has 0 aliphatic carbocycles. The minimum Gasteiger partial charge on any atom is -0.389 e. The average molecular weight is 271 g/mol. The molecule has 2 N–H and O–H groups in total. The van der Waals surface area contributed by atoms with Crippen molar-refractivity contribution in [1.82, 2.24) is 14.9 Å². The van der Waals surface area contributed by atoms with Crippen LogP contribution in [0.2, 0.25) is 0 Å². The molecule has 1 unspecified atom stereocenters. The van der Waals surface area contributed by atoms with E-state index in [0.717, 1.165) is 5.82 Å². The summed E-state index contributed by atoms with van der Waals surface area (Å²) in [6.07, 6.45) is 3.35. The van der Waals surface area contributed by atoms with E-state index in [2.05, 4.69) is 10.3 Å². The van der Waals surface area contributed by atoms with Gasteiger partial charge in [-0.2, -0.15) is 0 Å². The SMILES string of the molecule is CC(C)OCCOCC(O)CNCc1nccn1C. The highest BCUT2D eigenvalue weighted by molar-refractivity contribution is 4.90. The average Bonchev–Trinajstić information content (AvgIpc) is 2.74. The first kappa shape index (κ1) is 16.1. The third-order valence-corrected chi connectivity index (χ3v) is 2.57. The van der Waals surface area contributed by atoms with Gasteiger partial charge in [0.1, 0.15) is 5.82 Å². The number of nitrogens with zero attached hydrogens (tertiary/aromatic N) is 2. The Kier molecular flexibility index (Phi) is 7.66. The molecule has 0 saturated carbocycles. The monoisotopic (exact) mass is 271 g/mol. The molecule has 0 aliphatic heterocycles. The lowest BCUT2D eigenvalue weighted by atomic mass is 10.3. The molecule has 0 aromatic carbocycles. The minimum absolute atomic E-state index is 0.216. The first-order chi connectivity index (χ1) is 9.09. The Morgan fingerprint density at radius 3 is 2.84 bits per heavy atom. The van der Waals surface area contributed by atoms with Gasteiger partial charge in [-0.05, 0) is 13.8 Å². The molecule has 110 valence electrons. The standard InChI is InChI=1S/C13H25N3O3/c1-11(2)19-7-6-18-10-12(17)8-14-9-13-15-4-5-16(13)3/h4-5,11-12,14,17H,6-10H2,1-3H3. The number of aliphatic hydroxyl groups is 1. The molecule has 1 atom stereocenters. The number of hydrogen-bond donors (Lipinski definition) is 2. The topological polar surface area (TPSA) is 68.5 Å². The third-order valence-electron chi connectivity index (χ3n) is 2.57. The number of nitrogens with one attached hydrogen (secondary N) is 1. The second-order valence-corrected chi connectivity index (χ2v) is 4.73. The number of aromatic nitrogens is 2. The molecule has 0 radical (unpaired) electrons. The van der Waals surface area contributed by atoms with Crippen LogP contribution in [0.15, 0.2) is 12.4 Å². The van der Waals surface area contributed by atoms with E-state index in [1.54, 1.807) is 6.20 Å². The predicted octanol–water partition coefficient (Wildman–Crippen LogP) is 0.312. The van der Waals surface area contributed by atoms with Gasteiger partial charge in [0.2, 0.25) is 0 Å². The van der Waals surface area contributed by atoms with Gasteiger partial charge in [-0.3, -0.25) is 0 Å². The summed E-state index contributed by atoms with van der Waals surface area (Å²) in [5.41, 5.74) is 0. The fraction of sp³-hybridized carbons (Fsp3) is 0.769. The zero-order valence-corrected chi connectivity index (χ0v) is 12.0. The first-order valence-corrected chi connectivity index (χ1v) is 6.64. The van der Waals surface area contributed by atoms with Crippen molar-refractivity contribution in [2.75, 3.05) is 26.4 Å². The molecule has 0 spiro atoms. The molecule has 0 saturated heterocycles. The van der Waals surface area contributed by atoms with Crippen LogP contribution in [-0.4, -0.2) is 53.2 Å². The van der Waals surface area contributed by atoms with Crippen LogP contribution in [-0.2, 0) is 23.1 Å². The van der Waals surface area contributed by atoms with Crippen molar-refractivity contribution in [1.29, 1.82) is 0 Å². The van der Waals surface area contributed by atoms with E-state index in [4.69, 9.17) is 9.47 Å². The van der Waals surface area contributed by atoms with Gasteiger partial charge in [-0.25, -0.2) is 4.98 Å². The molecule has 1 aromatic heterocycles. The lowest BCUT2D eigenvalue weighted by Crippen LogP contribution is -2.31. The smallest absolute Gasteiger partial charge is 0.122 e. The highest BCUT2D eigenvalue weighted by atomic mass is 16.5. The summed E-state index contributed by atoms with van der Waals surface area (Å²) in [5, 5.41) is 12.8. The number of imidazole rings is 1. The van der Waals surface area contributed by atoms with Crippen LogP contribution >= 0.6 is 0 Å². The van der Waals surface area contributed by atoms with E-state index < -0.39 is 6.10 Å². The van der Waals surface area contributed by atoms with Gasteiger partial charge in [-0.1, -0.05) is 0 Å². The van der Waals surface area contributed by atoms with Crippen LogP contribution in [0.3, 0.4) is 0 Å². The van der Waals surface area contributed by atoms with Gasteiger partial charge < -0.3 is 24.5 Å². The second-order valence-electron chi connectivity index (χ2n) is 4.73. The summed E-state index contributed by atoms with van der Waals surface area (Å²) < 4.78 is 12.6. The summed E-state index contributed by atoms with van der Waals surface area (Å²) in [7, 11) is 1.94. The maximum atomic E-state index is 9.70. The van der Waals surface area contributed by atoms with Crippen molar-refractivity contribution in [2.24, 2.45) is 7.05 Å². The molecule has 0 fully saturated rings. The molecular formula is C13H25N3O3. The van der Waals surface area contributed by atoms with Crippen LogP contribution in [0, 0.1) is 0 Å². The Morgan fingerprint density at radius 1 is 1.42 bits per heavy atom. The van der Waals surface area contributed by atoms with Crippen LogP contribution in [0.4, 0.5) is 0 Å². The van der Waals surface area contributed by atoms with E-state index in [1.807, 2.05) is 31.7 Å². The van der Waals surface area contributed by atoms with E-state index in [1.165, 1.54) is 0 Å². The van der Waals surface area contributed by atoms with E-state index >= 15 is 0 Å². The van der Waals surface area contributed by atoms with Crippen molar-refractivity contribution in [2.45, 2.75) is 32.6 Å². The Bertz CT molecular complexity index is 342. The molecule has 1 rings (SSSR count). The van der Waals surface area contributed by atoms with Crippen molar-refractivity contribution in [3.05, 3.63) is 18.2 Å². The molecule has 6 heteroatoms. The molecule has 0 bridgehead atoms. The van der Waals surface area contributed by atoms with Crippen LogP contribution in [0.25, 0.3) is 0 Å². The van der Waals surface area contributed by atoms with Crippen molar-refractivity contribution < 1.29 is 14.6 Å². The van der Waals surface area contributed by atoms with Gasteiger partial charge in [0.25, 0.3) is 0 Å². The summed E-state index contributed by atoms with van der Waals surface area (Å²) in [6.45, 7) is 6.47. The van der Waals surface area contributed by atoms with Gasteiger partial charge in [0.05, 0.1) is 38.6 Å². The second kappa shape index (κ2) is 9.03. The van der Waals surface area contributed by atoms with Gasteiger partial charge in [-0.15, -0.1) is 0 Å². The largest absolute Gasteiger partial charge is 0.389 e. The Hall–Kier alpha value is -0.950. The first-order valence-electron chi connectivity index (χ1n) is 6.64. The van der Waals surface area contributed by atoms with E-state index in [9.17, 15) is 5.11 Å². The predicted molar refractivity (Wildman–Crippen MR) is 72.8 cm³/mol.